The molecule has 25 heavy (non-hydrogen) atoms. The van der Waals surface area contributed by atoms with Gasteiger partial charge in [-0.3, -0.25) is 0 Å². The molecule has 0 amide bonds. The van der Waals surface area contributed by atoms with Crippen molar-refractivity contribution in [3.63, 3.8) is 0 Å². The highest BCUT2D eigenvalue weighted by atomic mass is 35.5. The molecule has 2 aromatic carbocycles. The fraction of sp³-hybridized carbons (Fsp3) is 0.400. The second-order valence-electron chi connectivity index (χ2n) is 6.52. The molecule has 3 rings (SSSR count). The number of hydrogen-bond donors (Lipinski definition) is 2. The Morgan fingerprint density at radius 3 is 1.60 bits per heavy atom. The largest absolute Gasteiger partial charge is 0.308 e. The molecule has 1 aliphatic carbocycles. The van der Waals surface area contributed by atoms with Gasteiger partial charge in [-0.2, -0.15) is 0 Å². The fourth-order valence-corrected chi connectivity index (χ4v) is 3.41. The average Bonchev–Trinajstić information content (AvgIpc) is 2.59. The molecule has 2 unspecified atom stereocenters. The maximum absolute atomic E-state index is 13.3. The van der Waals surface area contributed by atoms with Gasteiger partial charge >= 0.3 is 0 Å². The first-order valence-corrected chi connectivity index (χ1v) is 8.66. The Bertz CT molecular complexity index is 608. The highest BCUT2D eigenvalue weighted by Crippen LogP contribution is 2.20. The summed E-state index contributed by atoms with van der Waals surface area (Å²) in [5.41, 5.74) is 1.92. The summed E-state index contributed by atoms with van der Waals surface area (Å²) in [4.78, 5) is 0. The summed E-state index contributed by atoms with van der Waals surface area (Å²) in [6, 6.07) is 14.2. The summed E-state index contributed by atoms with van der Waals surface area (Å²) in [7, 11) is 0. The van der Waals surface area contributed by atoms with E-state index in [2.05, 4.69) is 10.6 Å². The molecule has 0 aliphatic heterocycles. The van der Waals surface area contributed by atoms with Gasteiger partial charge in [0.2, 0.25) is 0 Å². The van der Waals surface area contributed by atoms with Crippen molar-refractivity contribution in [1.29, 1.82) is 0 Å². The Labute approximate surface area is 154 Å². The zero-order valence-corrected chi connectivity index (χ0v) is 15.0. The number of hydrogen-bond acceptors (Lipinski definition) is 2. The van der Waals surface area contributed by atoms with E-state index in [9.17, 15) is 8.78 Å². The van der Waals surface area contributed by atoms with Gasteiger partial charge < -0.3 is 10.6 Å². The normalized spacial score (nSPS) is 20.1. The van der Waals surface area contributed by atoms with Crippen LogP contribution in [0.2, 0.25) is 0 Å². The topological polar surface area (TPSA) is 24.1 Å². The van der Waals surface area contributed by atoms with Crippen LogP contribution in [0.3, 0.4) is 0 Å². The van der Waals surface area contributed by atoms with E-state index in [1.165, 1.54) is 25.0 Å². The number of nitrogens with one attached hydrogen (secondary N) is 2. The van der Waals surface area contributed by atoms with E-state index < -0.39 is 0 Å². The minimum Gasteiger partial charge on any atom is -0.308 e. The molecule has 5 heteroatoms. The summed E-state index contributed by atoms with van der Waals surface area (Å²) in [5, 5.41) is 7.12. The van der Waals surface area contributed by atoms with E-state index in [1.54, 1.807) is 24.3 Å². The fourth-order valence-electron chi connectivity index (χ4n) is 3.41. The van der Waals surface area contributed by atoms with Gasteiger partial charge in [0.25, 0.3) is 0 Å². The second-order valence-corrected chi connectivity index (χ2v) is 6.52. The zero-order chi connectivity index (χ0) is 16.8. The molecule has 0 saturated heterocycles. The first kappa shape index (κ1) is 19.8. The SMILES string of the molecule is Cl.Fc1cccc(CNC2CCCCC2NCc2cccc(F)c2)c1. The van der Waals surface area contributed by atoms with Crippen molar-refractivity contribution in [2.24, 2.45) is 0 Å². The quantitative estimate of drug-likeness (QED) is 0.782. The third-order valence-corrected chi connectivity index (χ3v) is 4.68. The van der Waals surface area contributed by atoms with Crippen molar-refractivity contribution in [2.75, 3.05) is 0 Å². The summed E-state index contributed by atoms with van der Waals surface area (Å²) < 4.78 is 26.6. The third-order valence-electron chi connectivity index (χ3n) is 4.68. The van der Waals surface area contributed by atoms with E-state index >= 15 is 0 Å². The van der Waals surface area contributed by atoms with Crippen LogP contribution in [0.4, 0.5) is 8.78 Å². The van der Waals surface area contributed by atoms with E-state index in [0.29, 0.717) is 25.2 Å². The molecule has 0 heterocycles. The summed E-state index contributed by atoms with van der Waals surface area (Å²) in [6.07, 6.45) is 4.63. The van der Waals surface area contributed by atoms with Crippen LogP contribution < -0.4 is 10.6 Å². The maximum atomic E-state index is 13.3. The van der Waals surface area contributed by atoms with Crippen molar-refractivity contribution in [1.82, 2.24) is 10.6 Å². The smallest absolute Gasteiger partial charge is 0.123 e. The summed E-state index contributed by atoms with van der Waals surface area (Å²) >= 11 is 0. The molecule has 2 N–H and O–H groups in total. The molecule has 2 atom stereocenters. The van der Waals surface area contributed by atoms with E-state index in [4.69, 9.17) is 0 Å². The lowest BCUT2D eigenvalue weighted by Gasteiger charge is -2.33. The van der Waals surface area contributed by atoms with Gasteiger partial charge in [-0.1, -0.05) is 37.1 Å². The predicted molar refractivity (Wildman–Crippen MR) is 99.8 cm³/mol. The highest BCUT2D eigenvalue weighted by molar-refractivity contribution is 5.85. The molecule has 2 nitrogen and oxygen atoms in total. The number of rotatable bonds is 6. The van der Waals surface area contributed by atoms with Crippen molar-refractivity contribution in [2.45, 2.75) is 50.9 Å². The molecule has 2 aromatic rings. The van der Waals surface area contributed by atoms with Crippen LogP contribution >= 0.6 is 12.4 Å². The van der Waals surface area contributed by atoms with Gasteiger partial charge in [0, 0.05) is 25.2 Å². The molecule has 0 aromatic heterocycles. The first-order valence-electron chi connectivity index (χ1n) is 8.66. The molecule has 136 valence electrons. The standard InChI is InChI=1S/C20H24F2N2.ClH/c21-17-7-3-5-15(11-17)13-23-19-9-1-2-10-20(19)24-14-16-6-4-8-18(22)12-16;/h3-8,11-12,19-20,23-24H,1-2,9-10,13-14H2;1H. The van der Waals surface area contributed by atoms with Gasteiger partial charge in [-0.15, -0.1) is 12.4 Å². The van der Waals surface area contributed by atoms with Crippen LogP contribution in [-0.2, 0) is 13.1 Å². The lowest BCUT2D eigenvalue weighted by molar-refractivity contribution is 0.281. The van der Waals surface area contributed by atoms with Gasteiger partial charge in [0.05, 0.1) is 0 Å². The van der Waals surface area contributed by atoms with Gasteiger partial charge in [0.1, 0.15) is 11.6 Å². The molecule has 0 bridgehead atoms. The lowest BCUT2D eigenvalue weighted by atomic mass is 9.90. The minimum atomic E-state index is -0.196. The van der Waals surface area contributed by atoms with Crippen molar-refractivity contribution in [3.05, 3.63) is 71.3 Å². The Morgan fingerprint density at radius 1 is 0.760 bits per heavy atom. The Kier molecular flexibility index (Phi) is 7.82. The number of halogens is 3. The molecule has 1 saturated carbocycles. The van der Waals surface area contributed by atoms with Gasteiger partial charge in [-0.05, 0) is 48.2 Å². The Hall–Kier alpha value is -1.49. The average molecular weight is 367 g/mol. The first-order chi connectivity index (χ1) is 11.7. The van der Waals surface area contributed by atoms with Gasteiger partial charge in [0.15, 0.2) is 0 Å². The van der Waals surface area contributed by atoms with E-state index in [1.807, 2.05) is 12.1 Å². The Balaban J connectivity index is 0.00000225. The number of benzene rings is 2. The molecule has 0 radical (unpaired) electrons. The zero-order valence-electron chi connectivity index (χ0n) is 14.2. The third kappa shape index (κ3) is 6.07. The lowest BCUT2D eigenvalue weighted by Crippen LogP contribution is -2.49. The van der Waals surface area contributed by atoms with Crippen LogP contribution in [0.1, 0.15) is 36.8 Å². The van der Waals surface area contributed by atoms with Gasteiger partial charge in [-0.25, -0.2) is 8.78 Å². The minimum absolute atomic E-state index is 0. The van der Waals surface area contributed by atoms with Crippen molar-refractivity contribution >= 4 is 12.4 Å². The monoisotopic (exact) mass is 366 g/mol. The summed E-state index contributed by atoms with van der Waals surface area (Å²) in [6.45, 7) is 1.33. The highest BCUT2D eigenvalue weighted by Gasteiger charge is 2.24. The maximum Gasteiger partial charge on any atom is 0.123 e. The molecular weight excluding hydrogens is 342 g/mol. The Morgan fingerprint density at radius 2 is 1.20 bits per heavy atom. The van der Waals surface area contributed by atoms with E-state index in [0.717, 1.165) is 24.0 Å². The van der Waals surface area contributed by atoms with Crippen LogP contribution in [0.15, 0.2) is 48.5 Å². The van der Waals surface area contributed by atoms with Crippen LogP contribution in [0.5, 0.6) is 0 Å². The second kappa shape index (κ2) is 9.85. The molecular formula is C20H25ClF2N2. The molecule has 1 fully saturated rings. The predicted octanol–water partition coefficient (Wildman–Crippen LogP) is 4.58. The summed E-state index contributed by atoms with van der Waals surface area (Å²) in [5.74, 6) is -0.391. The van der Waals surface area contributed by atoms with E-state index in [-0.39, 0.29) is 24.0 Å². The van der Waals surface area contributed by atoms with Crippen LogP contribution in [-0.4, -0.2) is 12.1 Å². The van der Waals surface area contributed by atoms with Crippen molar-refractivity contribution in [3.8, 4) is 0 Å². The van der Waals surface area contributed by atoms with Crippen LogP contribution in [0, 0.1) is 11.6 Å². The van der Waals surface area contributed by atoms with Crippen molar-refractivity contribution < 1.29 is 8.78 Å². The molecule has 0 spiro atoms. The van der Waals surface area contributed by atoms with Crippen LogP contribution in [0.25, 0.3) is 0 Å². The molecule has 1 aliphatic rings.